The van der Waals surface area contributed by atoms with Crippen LogP contribution in [0.3, 0.4) is 0 Å². The van der Waals surface area contributed by atoms with Gasteiger partial charge in [-0.25, -0.2) is 0 Å². The third kappa shape index (κ3) is 4.98. The molecule has 1 heterocycles. The molecule has 0 saturated heterocycles. The van der Waals surface area contributed by atoms with Gasteiger partial charge in [0.1, 0.15) is 0 Å². The average Bonchev–Trinajstić information content (AvgIpc) is 3.46. The molecule has 0 fully saturated rings. The summed E-state index contributed by atoms with van der Waals surface area (Å²) < 4.78 is 1.44. The molecule has 0 bridgehead atoms. The Bertz CT molecular complexity index is 1630. The zero-order chi connectivity index (χ0) is 28.2. The number of aryl methyl sites for hydroxylation is 3. The minimum atomic E-state index is -3.99. The molecule has 40 heavy (non-hydrogen) atoms. The predicted molar refractivity (Wildman–Crippen MR) is 177 cm³/mol. The predicted octanol–water partition coefficient (Wildman–Crippen LogP) is 8.29. The fourth-order valence-corrected chi connectivity index (χ4v) is 24.0. The Balaban J connectivity index is 1.55. The summed E-state index contributed by atoms with van der Waals surface area (Å²) in [5.74, 6) is 0.540. The van der Waals surface area contributed by atoms with E-state index in [0.29, 0.717) is 5.92 Å². The van der Waals surface area contributed by atoms with Gasteiger partial charge in [0.05, 0.1) is 0 Å². The molecule has 1 aliphatic carbocycles. The van der Waals surface area contributed by atoms with Crippen LogP contribution in [0.4, 0.5) is 0 Å². The van der Waals surface area contributed by atoms with E-state index in [1.807, 2.05) is 0 Å². The van der Waals surface area contributed by atoms with Gasteiger partial charge in [0, 0.05) is 0 Å². The molecule has 0 aromatic heterocycles. The summed E-state index contributed by atoms with van der Waals surface area (Å²) in [6.07, 6.45) is 5.72. The molecule has 1 aliphatic heterocycles. The van der Waals surface area contributed by atoms with Crippen molar-refractivity contribution in [2.45, 2.75) is 57.5 Å². The van der Waals surface area contributed by atoms with Crippen LogP contribution in [0.5, 0.6) is 0 Å². The molecule has 4 heteroatoms. The maximum absolute atomic E-state index is 7.91. The van der Waals surface area contributed by atoms with Crippen molar-refractivity contribution < 1.29 is 17.9 Å². The van der Waals surface area contributed by atoms with E-state index in [-0.39, 0.29) is 3.63 Å². The first kappa shape index (κ1) is 28.4. The first-order valence-corrected chi connectivity index (χ1v) is 25.1. The SMILES string of the molecule is CCCc1ccc2c(c1-c1cc(C)cc(C)c1)C=C(CC(C)C)[CH]2[Zr]([Cl])([Cl])[c]1cccc2c1[SiH2]c1ccccc1-2. The van der Waals surface area contributed by atoms with E-state index < -0.39 is 27.4 Å². The average molecular weight is 661 g/mol. The first-order chi connectivity index (χ1) is 19.2. The van der Waals surface area contributed by atoms with Crippen molar-refractivity contribution in [2.24, 2.45) is 5.92 Å². The molecule has 6 rings (SSSR count). The van der Waals surface area contributed by atoms with Crippen LogP contribution in [0, 0.1) is 19.8 Å². The van der Waals surface area contributed by atoms with Crippen molar-refractivity contribution in [3.63, 3.8) is 0 Å². The summed E-state index contributed by atoms with van der Waals surface area (Å²) in [4.78, 5) is 0. The zero-order valence-electron chi connectivity index (χ0n) is 24.2. The second-order valence-corrected chi connectivity index (χ2v) is 28.1. The molecule has 0 radical (unpaired) electrons. The van der Waals surface area contributed by atoms with Crippen LogP contribution >= 0.6 is 17.0 Å². The van der Waals surface area contributed by atoms with Gasteiger partial charge in [0.2, 0.25) is 0 Å². The molecular formula is C36H38Cl2SiZr. The minimum absolute atomic E-state index is 0.125. The van der Waals surface area contributed by atoms with Crippen molar-refractivity contribution in [1.82, 2.24) is 0 Å². The van der Waals surface area contributed by atoms with Crippen molar-refractivity contribution in [3.8, 4) is 22.3 Å². The van der Waals surface area contributed by atoms with E-state index in [4.69, 9.17) is 17.0 Å². The number of hydrogen-bond donors (Lipinski definition) is 0. The summed E-state index contributed by atoms with van der Waals surface area (Å²) in [7, 11) is 15.2. The Labute approximate surface area is 254 Å². The topological polar surface area (TPSA) is 0 Å². The third-order valence-electron chi connectivity index (χ3n) is 8.62. The van der Waals surface area contributed by atoms with Crippen LogP contribution in [0.25, 0.3) is 28.3 Å². The van der Waals surface area contributed by atoms with E-state index in [0.717, 1.165) is 19.3 Å². The molecule has 2 aliphatic rings. The first-order valence-electron chi connectivity index (χ1n) is 14.7. The molecule has 0 spiro atoms. The second kappa shape index (κ2) is 11.2. The van der Waals surface area contributed by atoms with Gasteiger partial charge in [-0.15, -0.1) is 0 Å². The van der Waals surface area contributed by atoms with Gasteiger partial charge >= 0.3 is 256 Å². The number of halogens is 2. The second-order valence-electron chi connectivity index (χ2n) is 12.3. The number of rotatable bonds is 7. The fourth-order valence-electron chi connectivity index (χ4n) is 7.20. The normalized spacial score (nSPS) is 16.3. The van der Waals surface area contributed by atoms with Crippen molar-refractivity contribution in [3.05, 3.63) is 106 Å². The third-order valence-corrected chi connectivity index (χ3v) is 23.0. The molecule has 1 atom stereocenters. The van der Waals surface area contributed by atoms with Gasteiger partial charge in [-0.3, -0.25) is 0 Å². The van der Waals surface area contributed by atoms with Crippen LogP contribution in [0.15, 0.2) is 78.4 Å². The summed E-state index contributed by atoms with van der Waals surface area (Å²) in [6, 6.07) is 27.4. The van der Waals surface area contributed by atoms with E-state index >= 15 is 0 Å². The molecule has 4 aromatic rings. The van der Waals surface area contributed by atoms with E-state index in [1.54, 1.807) is 0 Å². The quantitative estimate of drug-likeness (QED) is 0.154. The maximum atomic E-state index is 7.91. The number of hydrogen-bond acceptors (Lipinski definition) is 0. The van der Waals surface area contributed by atoms with Gasteiger partial charge in [-0.2, -0.15) is 0 Å². The molecule has 0 saturated carbocycles. The zero-order valence-corrected chi connectivity index (χ0v) is 29.6. The van der Waals surface area contributed by atoms with Crippen LogP contribution < -0.4 is 13.6 Å². The molecule has 1 unspecified atom stereocenters. The summed E-state index contributed by atoms with van der Waals surface area (Å²) >= 11 is -3.99. The summed E-state index contributed by atoms with van der Waals surface area (Å²) in [5, 5.41) is 3.02. The fraction of sp³-hybridized carbons (Fsp3) is 0.278. The van der Waals surface area contributed by atoms with Gasteiger partial charge in [0.25, 0.3) is 0 Å². The number of benzene rings is 4. The Morgan fingerprint density at radius 1 is 0.875 bits per heavy atom. The molecule has 0 N–H and O–H groups in total. The number of allylic oxidation sites excluding steroid dienone is 1. The molecular weight excluding hydrogens is 623 g/mol. The van der Waals surface area contributed by atoms with Gasteiger partial charge in [-0.05, 0) is 0 Å². The Morgan fingerprint density at radius 3 is 2.33 bits per heavy atom. The van der Waals surface area contributed by atoms with Crippen LogP contribution in [-0.4, -0.2) is 9.52 Å². The molecule has 0 amide bonds. The van der Waals surface area contributed by atoms with Crippen LogP contribution in [-0.2, 0) is 24.3 Å². The van der Waals surface area contributed by atoms with Crippen molar-refractivity contribution >= 4 is 46.3 Å². The standard InChI is InChI=1S/C24H29.C12H9Si.2ClH.Zr/c1-6-7-20-8-9-21-14-19(10-16(2)3)15-23(21)24(20)22-12-17(4)11-18(5)13-22;1-3-7-11-9(5-1)10-6-2-4-8-12(10)13-11;;;/h8-9,11-16H,6-7,10H2,1-5H3;1-7H,13H2;2*1H;/q;;;;+2/p-2. The van der Waals surface area contributed by atoms with Gasteiger partial charge in [-0.1, -0.05) is 0 Å². The Hall–Kier alpha value is -1.70. The molecule has 4 aromatic carbocycles. The summed E-state index contributed by atoms with van der Waals surface area (Å²) in [5.41, 5.74) is 13.7. The van der Waals surface area contributed by atoms with Crippen LogP contribution in [0.2, 0.25) is 0 Å². The van der Waals surface area contributed by atoms with E-state index in [2.05, 4.69) is 113 Å². The molecule has 204 valence electrons. The molecule has 0 nitrogen and oxygen atoms in total. The Kier molecular flexibility index (Phi) is 7.94. The van der Waals surface area contributed by atoms with Crippen LogP contribution in [0.1, 0.15) is 65.1 Å². The van der Waals surface area contributed by atoms with E-state index in [1.165, 1.54) is 69.3 Å². The summed E-state index contributed by atoms with van der Waals surface area (Å²) in [6.45, 7) is 11.3. The van der Waals surface area contributed by atoms with Crippen molar-refractivity contribution in [2.75, 3.05) is 0 Å². The van der Waals surface area contributed by atoms with Gasteiger partial charge < -0.3 is 0 Å². The van der Waals surface area contributed by atoms with Crippen molar-refractivity contribution in [1.29, 1.82) is 0 Å². The van der Waals surface area contributed by atoms with E-state index in [9.17, 15) is 0 Å². The number of fused-ring (bicyclic) bond motifs is 4. The monoisotopic (exact) mass is 658 g/mol. The Morgan fingerprint density at radius 2 is 1.60 bits per heavy atom. The van der Waals surface area contributed by atoms with Gasteiger partial charge in [0.15, 0.2) is 0 Å².